The van der Waals surface area contributed by atoms with E-state index in [0.717, 1.165) is 22.3 Å². The number of amides is 1. The van der Waals surface area contributed by atoms with Gasteiger partial charge in [-0.3, -0.25) is 14.6 Å². The first-order valence-corrected chi connectivity index (χ1v) is 9.00. The number of aryl methyl sites for hydroxylation is 2. The molecule has 0 spiro atoms. The van der Waals surface area contributed by atoms with Gasteiger partial charge in [-0.2, -0.15) is 5.10 Å². The SMILES string of the molecule is Cc1ccnc(CC(C)N(C)C(=O)Cn2nc(C)c3ccccc3c2=O)c1. The smallest absolute Gasteiger partial charge is 0.275 e. The molecule has 0 saturated heterocycles. The van der Waals surface area contributed by atoms with Crippen LogP contribution < -0.4 is 5.56 Å². The summed E-state index contributed by atoms with van der Waals surface area (Å²) in [5.74, 6) is -0.153. The fourth-order valence-corrected chi connectivity index (χ4v) is 3.15. The molecule has 6 nitrogen and oxygen atoms in total. The molecule has 3 aromatic rings. The van der Waals surface area contributed by atoms with Crippen LogP contribution in [-0.2, 0) is 17.8 Å². The average Bonchev–Trinajstić information content (AvgIpc) is 2.65. The van der Waals surface area contributed by atoms with E-state index in [0.29, 0.717) is 11.8 Å². The number of hydrogen-bond donors (Lipinski definition) is 0. The first-order chi connectivity index (χ1) is 12.9. The molecule has 0 aliphatic heterocycles. The highest BCUT2D eigenvalue weighted by Gasteiger charge is 2.19. The first-order valence-electron chi connectivity index (χ1n) is 9.00. The number of nitrogens with zero attached hydrogens (tertiary/aromatic N) is 4. The van der Waals surface area contributed by atoms with Gasteiger partial charge in [-0.15, -0.1) is 0 Å². The molecule has 140 valence electrons. The molecule has 2 heterocycles. The largest absolute Gasteiger partial charge is 0.341 e. The Hall–Kier alpha value is -3.02. The quantitative estimate of drug-likeness (QED) is 0.698. The minimum atomic E-state index is -0.244. The molecule has 2 aromatic heterocycles. The molecule has 3 rings (SSSR count). The van der Waals surface area contributed by atoms with Gasteiger partial charge < -0.3 is 4.90 Å². The zero-order valence-corrected chi connectivity index (χ0v) is 16.1. The minimum Gasteiger partial charge on any atom is -0.341 e. The van der Waals surface area contributed by atoms with E-state index in [1.54, 1.807) is 24.2 Å². The highest BCUT2D eigenvalue weighted by molar-refractivity contribution is 5.83. The Labute approximate surface area is 158 Å². The summed E-state index contributed by atoms with van der Waals surface area (Å²) in [7, 11) is 1.75. The van der Waals surface area contributed by atoms with Gasteiger partial charge in [0.25, 0.3) is 5.56 Å². The number of pyridine rings is 1. The number of rotatable bonds is 5. The summed E-state index contributed by atoms with van der Waals surface area (Å²) >= 11 is 0. The van der Waals surface area contributed by atoms with E-state index in [4.69, 9.17) is 0 Å². The number of fused-ring (bicyclic) bond motifs is 1. The van der Waals surface area contributed by atoms with Gasteiger partial charge in [-0.25, -0.2) is 4.68 Å². The number of aromatic nitrogens is 3. The number of hydrogen-bond acceptors (Lipinski definition) is 4. The third-order valence-corrected chi connectivity index (χ3v) is 4.87. The highest BCUT2D eigenvalue weighted by Crippen LogP contribution is 2.12. The van der Waals surface area contributed by atoms with Crippen LogP contribution in [0.2, 0.25) is 0 Å². The lowest BCUT2D eigenvalue weighted by molar-refractivity contribution is -0.132. The third kappa shape index (κ3) is 4.05. The first kappa shape index (κ1) is 18.8. The molecule has 0 saturated carbocycles. The molecule has 1 amide bonds. The average molecular weight is 364 g/mol. The fraction of sp³-hybridized carbons (Fsp3) is 0.333. The van der Waals surface area contributed by atoms with E-state index in [9.17, 15) is 9.59 Å². The molecule has 1 atom stereocenters. The number of benzene rings is 1. The maximum atomic E-state index is 12.7. The Kier molecular flexibility index (Phi) is 5.35. The predicted octanol–water partition coefficient (Wildman–Crippen LogP) is 2.50. The van der Waals surface area contributed by atoms with Gasteiger partial charge in [0.05, 0.1) is 11.1 Å². The molecule has 6 heteroatoms. The second kappa shape index (κ2) is 7.70. The highest BCUT2D eigenvalue weighted by atomic mass is 16.2. The van der Waals surface area contributed by atoms with Gasteiger partial charge >= 0.3 is 0 Å². The van der Waals surface area contributed by atoms with Crippen LogP contribution in [0.5, 0.6) is 0 Å². The van der Waals surface area contributed by atoms with Crippen LogP contribution in [0, 0.1) is 13.8 Å². The van der Waals surface area contributed by atoms with Crippen LogP contribution in [-0.4, -0.2) is 38.7 Å². The van der Waals surface area contributed by atoms with E-state index in [1.807, 2.05) is 51.1 Å². The van der Waals surface area contributed by atoms with Gasteiger partial charge in [-0.05, 0) is 44.5 Å². The number of carbonyl (C=O) groups is 1. The second-order valence-electron chi connectivity index (χ2n) is 6.98. The van der Waals surface area contributed by atoms with Gasteiger partial charge in [-0.1, -0.05) is 18.2 Å². The van der Waals surface area contributed by atoms with Gasteiger partial charge in [0.15, 0.2) is 0 Å². The molecule has 0 bridgehead atoms. The molecular formula is C21H24N4O2. The monoisotopic (exact) mass is 364 g/mol. The maximum Gasteiger partial charge on any atom is 0.275 e. The van der Waals surface area contributed by atoms with Gasteiger partial charge in [0.1, 0.15) is 6.54 Å². The molecule has 0 fully saturated rings. The van der Waals surface area contributed by atoms with E-state index in [1.165, 1.54) is 4.68 Å². The molecular weight excluding hydrogens is 340 g/mol. The van der Waals surface area contributed by atoms with Crippen molar-refractivity contribution in [3.63, 3.8) is 0 Å². The standard InChI is InChI=1S/C21H24N4O2/c1-14-9-10-22-17(11-14)12-15(2)24(4)20(26)13-25-21(27)19-8-6-5-7-18(19)16(3)23-25/h5-11,15H,12-13H2,1-4H3. The summed E-state index contributed by atoms with van der Waals surface area (Å²) in [6.07, 6.45) is 2.43. The molecule has 1 unspecified atom stereocenters. The number of likely N-dealkylation sites (N-methyl/N-ethyl adjacent to an activating group) is 1. The topological polar surface area (TPSA) is 68.1 Å². The Morgan fingerprint density at radius 1 is 1.19 bits per heavy atom. The molecule has 0 radical (unpaired) electrons. The van der Waals surface area contributed by atoms with E-state index < -0.39 is 0 Å². The normalized spacial score (nSPS) is 12.1. The summed E-state index contributed by atoms with van der Waals surface area (Å²) in [6, 6.07) is 11.3. The van der Waals surface area contributed by atoms with Crippen molar-refractivity contribution < 1.29 is 4.79 Å². The maximum absolute atomic E-state index is 12.7. The zero-order valence-electron chi connectivity index (χ0n) is 16.1. The minimum absolute atomic E-state index is 0.0379. The van der Waals surface area contributed by atoms with Crippen molar-refractivity contribution >= 4 is 16.7 Å². The van der Waals surface area contributed by atoms with Crippen molar-refractivity contribution in [1.29, 1.82) is 0 Å². The summed E-state index contributed by atoms with van der Waals surface area (Å²) in [6.45, 7) is 5.76. The molecule has 0 N–H and O–H groups in total. The lowest BCUT2D eigenvalue weighted by Gasteiger charge is -2.25. The van der Waals surface area contributed by atoms with Gasteiger partial charge in [0.2, 0.25) is 5.91 Å². The summed E-state index contributed by atoms with van der Waals surface area (Å²) < 4.78 is 1.26. The predicted molar refractivity (Wildman–Crippen MR) is 106 cm³/mol. The Balaban J connectivity index is 1.77. The lowest BCUT2D eigenvalue weighted by atomic mass is 10.1. The van der Waals surface area contributed by atoms with Crippen molar-refractivity contribution in [3.8, 4) is 0 Å². The summed E-state index contributed by atoms with van der Waals surface area (Å²) in [4.78, 5) is 31.4. The van der Waals surface area contributed by atoms with Crippen LogP contribution in [0.1, 0.15) is 23.9 Å². The molecule has 0 aliphatic carbocycles. The van der Waals surface area contributed by atoms with Gasteiger partial charge in [0, 0.05) is 36.8 Å². The molecule has 0 aliphatic rings. The molecule has 27 heavy (non-hydrogen) atoms. The van der Waals surface area contributed by atoms with Crippen molar-refractivity contribution in [2.45, 2.75) is 39.8 Å². The Bertz CT molecular complexity index is 1040. The Morgan fingerprint density at radius 2 is 1.89 bits per heavy atom. The van der Waals surface area contributed by atoms with Crippen LogP contribution in [0.25, 0.3) is 10.8 Å². The van der Waals surface area contributed by atoms with Crippen LogP contribution in [0.3, 0.4) is 0 Å². The third-order valence-electron chi connectivity index (χ3n) is 4.87. The van der Waals surface area contributed by atoms with Crippen LogP contribution >= 0.6 is 0 Å². The van der Waals surface area contributed by atoms with E-state index in [2.05, 4.69) is 10.1 Å². The molecule has 1 aromatic carbocycles. The van der Waals surface area contributed by atoms with E-state index in [-0.39, 0.29) is 24.1 Å². The number of carbonyl (C=O) groups excluding carboxylic acids is 1. The van der Waals surface area contributed by atoms with Crippen molar-refractivity contribution in [3.05, 3.63) is 69.9 Å². The van der Waals surface area contributed by atoms with Crippen LogP contribution in [0.4, 0.5) is 0 Å². The lowest BCUT2D eigenvalue weighted by Crippen LogP contribution is -2.41. The van der Waals surface area contributed by atoms with Crippen LogP contribution in [0.15, 0.2) is 47.4 Å². The van der Waals surface area contributed by atoms with Crippen molar-refractivity contribution in [2.75, 3.05) is 7.05 Å². The van der Waals surface area contributed by atoms with Crippen molar-refractivity contribution in [2.24, 2.45) is 0 Å². The summed E-state index contributed by atoms with van der Waals surface area (Å²) in [5, 5.41) is 5.72. The fourth-order valence-electron chi connectivity index (χ4n) is 3.15. The Morgan fingerprint density at radius 3 is 2.59 bits per heavy atom. The van der Waals surface area contributed by atoms with Crippen molar-refractivity contribution in [1.82, 2.24) is 19.7 Å². The second-order valence-corrected chi connectivity index (χ2v) is 6.98. The summed E-state index contributed by atoms with van der Waals surface area (Å²) in [5.41, 5.74) is 2.58. The van der Waals surface area contributed by atoms with E-state index >= 15 is 0 Å². The zero-order chi connectivity index (χ0) is 19.6.